The summed E-state index contributed by atoms with van der Waals surface area (Å²) in [6.45, 7) is 13.0. The Morgan fingerprint density at radius 1 is 1.00 bits per heavy atom. The highest BCUT2D eigenvalue weighted by atomic mass is 15.3. The molecule has 0 saturated carbocycles. The molecule has 3 rings (SSSR count). The van der Waals surface area contributed by atoms with Crippen LogP contribution in [0.1, 0.15) is 31.7 Å². The Balaban J connectivity index is 1.38. The minimum absolute atomic E-state index is 0.736. The van der Waals surface area contributed by atoms with Crippen molar-refractivity contribution < 1.29 is 0 Å². The fourth-order valence-corrected chi connectivity index (χ4v) is 3.92. The number of hydrogen-bond donors (Lipinski definition) is 2. The van der Waals surface area contributed by atoms with E-state index >= 15 is 0 Å². The number of likely N-dealkylation sites (N-methyl/N-ethyl adjacent to an activating group) is 1. The van der Waals surface area contributed by atoms with Crippen molar-refractivity contribution in [1.82, 2.24) is 25.4 Å². The molecule has 2 N–H and O–H groups in total. The summed E-state index contributed by atoms with van der Waals surface area (Å²) in [6, 6.07) is 4.31. The second kappa shape index (κ2) is 11.2. The number of pyridine rings is 1. The predicted molar refractivity (Wildman–Crippen MR) is 117 cm³/mol. The number of piperazine rings is 1. The van der Waals surface area contributed by atoms with E-state index in [1.807, 2.05) is 13.2 Å². The molecule has 0 aliphatic carbocycles. The van der Waals surface area contributed by atoms with Crippen LogP contribution in [-0.4, -0.2) is 86.7 Å². The van der Waals surface area contributed by atoms with E-state index in [9.17, 15) is 0 Å². The van der Waals surface area contributed by atoms with Gasteiger partial charge in [0.2, 0.25) is 0 Å². The average molecular weight is 388 g/mol. The van der Waals surface area contributed by atoms with Crippen LogP contribution in [0.5, 0.6) is 0 Å². The normalized spacial score (nSPS) is 19.6. The van der Waals surface area contributed by atoms with Gasteiger partial charge in [-0.05, 0) is 44.1 Å². The van der Waals surface area contributed by atoms with Crippen molar-refractivity contribution in [3.8, 4) is 0 Å². The Morgan fingerprint density at radius 3 is 2.43 bits per heavy atom. The van der Waals surface area contributed by atoms with Crippen LogP contribution in [0.25, 0.3) is 0 Å². The van der Waals surface area contributed by atoms with E-state index in [1.54, 1.807) is 0 Å². The first-order chi connectivity index (χ1) is 13.8. The van der Waals surface area contributed by atoms with Gasteiger partial charge in [-0.2, -0.15) is 0 Å². The van der Waals surface area contributed by atoms with Gasteiger partial charge in [-0.15, -0.1) is 0 Å². The van der Waals surface area contributed by atoms with Crippen molar-refractivity contribution in [3.63, 3.8) is 0 Å². The summed E-state index contributed by atoms with van der Waals surface area (Å²) >= 11 is 0. The minimum Gasteiger partial charge on any atom is -0.355 e. The molecule has 0 aromatic carbocycles. The van der Waals surface area contributed by atoms with Crippen LogP contribution in [0.4, 0.5) is 5.82 Å². The van der Waals surface area contributed by atoms with Crippen LogP contribution in [0, 0.1) is 0 Å². The summed E-state index contributed by atoms with van der Waals surface area (Å²) in [6.07, 6.45) is 6.04. The van der Waals surface area contributed by atoms with Gasteiger partial charge < -0.3 is 25.3 Å². The van der Waals surface area contributed by atoms with Crippen molar-refractivity contribution in [2.45, 2.75) is 32.7 Å². The van der Waals surface area contributed by atoms with E-state index in [-0.39, 0.29) is 0 Å². The molecule has 0 unspecified atom stereocenters. The number of anilines is 1. The molecule has 0 spiro atoms. The number of rotatable bonds is 7. The van der Waals surface area contributed by atoms with Crippen molar-refractivity contribution in [3.05, 3.63) is 23.9 Å². The van der Waals surface area contributed by atoms with E-state index in [4.69, 9.17) is 0 Å². The molecule has 28 heavy (non-hydrogen) atoms. The zero-order chi connectivity index (χ0) is 19.6. The summed E-state index contributed by atoms with van der Waals surface area (Å²) in [7, 11) is 1.83. The van der Waals surface area contributed by atoms with Crippen molar-refractivity contribution >= 4 is 11.8 Å². The first-order valence-corrected chi connectivity index (χ1v) is 10.9. The van der Waals surface area contributed by atoms with Crippen molar-refractivity contribution in [2.75, 3.05) is 70.9 Å². The molecule has 2 fully saturated rings. The second-order valence-electron chi connectivity index (χ2n) is 7.70. The lowest BCUT2D eigenvalue weighted by atomic mass is 10.1. The second-order valence-corrected chi connectivity index (χ2v) is 7.70. The fourth-order valence-electron chi connectivity index (χ4n) is 3.92. The van der Waals surface area contributed by atoms with Crippen LogP contribution in [-0.2, 0) is 6.54 Å². The van der Waals surface area contributed by atoms with E-state index in [0.717, 1.165) is 64.1 Å². The average Bonchev–Trinajstić information content (AvgIpc) is 2.77. The molecule has 0 radical (unpaired) electrons. The third-order valence-electron chi connectivity index (χ3n) is 5.81. The fraction of sp³-hybridized carbons (Fsp3) is 0.714. The standard InChI is InChI=1S/C21H37N7/c1-3-26-13-15-28(16-14-26)20-8-7-19(17-24-20)18-25-21(22-2)23-9-12-27-10-5-4-6-11-27/h7-8,17H,3-6,9-16,18H2,1-2H3,(H2,22,23,25). The smallest absolute Gasteiger partial charge is 0.191 e. The third-order valence-corrected chi connectivity index (χ3v) is 5.81. The molecule has 7 nitrogen and oxygen atoms in total. The third kappa shape index (κ3) is 6.34. The summed E-state index contributed by atoms with van der Waals surface area (Å²) in [5.74, 6) is 1.94. The van der Waals surface area contributed by atoms with Crippen molar-refractivity contribution in [2.24, 2.45) is 4.99 Å². The molecule has 2 aliphatic rings. The number of aliphatic imine (C=N–C) groups is 1. The number of piperidine rings is 1. The molecule has 1 aromatic rings. The lowest BCUT2D eigenvalue weighted by molar-refractivity contribution is 0.232. The quantitative estimate of drug-likeness (QED) is 0.544. The van der Waals surface area contributed by atoms with E-state index in [2.05, 4.69) is 54.4 Å². The van der Waals surface area contributed by atoms with Gasteiger partial charge in [0.1, 0.15) is 5.82 Å². The van der Waals surface area contributed by atoms with Crippen LogP contribution in [0.3, 0.4) is 0 Å². The zero-order valence-electron chi connectivity index (χ0n) is 17.7. The van der Waals surface area contributed by atoms with Crippen molar-refractivity contribution in [1.29, 1.82) is 0 Å². The summed E-state index contributed by atoms with van der Waals surface area (Å²) in [5.41, 5.74) is 1.18. The summed E-state index contributed by atoms with van der Waals surface area (Å²) in [4.78, 5) is 16.4. The van der Waals surface area contributed by atoms with Gasteiger partial charge in [0, 0.05) is 59.1 Å². The maximum Gasteiger partial charge on any atom is 0.191 e. The van der Waals surface area contributed by atoms with E-state index in [1.165, 1.54) is 37.9 Å². The Morgan fingerprint density at radius 2 is 1.79 bits per heavy atom. The molecular formula is C21H37N7. The van der Waals surface area contributed by atoms with Gasteiger partial charge in [0.05, 0.1) is 0 Å². The molecule has 1 aromatic heterocycles. The molecule has 156 valence electrons. The highest BCUT2D eigenvalue weighted by Crippen LogP contribution is 2.14. The maximum absolute atomic E-state index is 4.68. The first-order valence-electron chi connectivity index (χ1n) is 10.9. The van der Waals surface area contributed by atoms with Gasteiger partial charge in [-0.3, -0.25) is 4.99 Å². The topological polar surface area (TPSA) is 59.0 Å². The molecule has 2 saturated heterocycles. The first kappa shape index (κ1) is 20.9. The number of nitrogens with one attached hydrogen (secondary N) is 2. The molecule has 0 amide bonds. The molecule has 3 heterocycles. The number of nitrogens with zero attached hydrogens (tertiary/aromatic N) is 5. The predicted octanol–water partition coefficient (Wildman–Crippen LogP) is 1.37. The molecular weight excluding hydrogens is 350 g/mol. The maximum atomic E-state index is 4.68. The van der Waals surface area contributed by atoms with Crippen LogP contribution < -0.4 is 15.5 Å². The monoisotopic (exact) mass is 387 g/mol. The summed E-state index contributed by atoms with van der Waals surface area (Å²) < 4.78 is 0. The number of guanidine groups is 1. The minimum atomic E-state index is 0.736. The van der Waals surface area contributed by atoms with Crippen LogP contribution in [0.15, 0.2) is 23.3 Å². The largest absolute Gasteiger partial charge is 0.355 e. The van der Waals surface area contributed by atoms with Gasteiger partial charge in [0.25, 0.3) is 0 Å². The molecule has 0 bridgehead atoms. The lowest BCUT2D eigenvalue weighted by Gasteiger charge is -2.34. The Hall–Kier alpha value is -1.86. The zero-order valence-corrected chi connectivity index (χ0v) is 17.7. The van der Waals surface area contributed by atoms with Gasteiger partial charge >= 0.3 is 0 Å². The van der Waals surface area contributed by atoms with Crippen LogP contribution >= 0.6 is 0 Å². The van der Waals surface area contributed by atoms with E-state index < -0.39 is 0 Å². The highest BCUT2D eigenvalue weighted by molar-refractivity contribution is 5.79. The molecule has 2 aliphatic heterocycles. The Labute approximate surface area is 170 Å². The number of hydrogen-bond acceptors (Lipinski definition) is 5. The number of likely N-dealkylation sites (tertiary alicyclic amines) is 1. The SMILES string of the molecule is CCN1CCN(c2ccc(CNC(=NC)NCCN3CCCCC3)cn2)CC1. The van der Waals surface area contributed by atoms with Gasteiger partial charge in [-0.25, -0.2) is 4.98 Å². The number of aromatic nitrogens is 1. The van der Waals surface area contributed by atoms with E-state index in [0.29, 0.717) is 0 Å². The van der Waals surface area contributed by atoms with Crippen LogP contribution in [0.2, 0.25) is 0 Å². The Bertz CT molecular complexity index is 587. The summed E-state index contributed by atoms with van der Waals surface area (Å²) in [5, 5.41) is 6.82. The Kier molecular flexibility index (Phi) is 8.36. The molecule has 0 atom stereocenters. The lowest BCUT2D eigenvalue weighted by Crippen LogP contribution is -2.46. The van der Waals surface area contributed by atoms with Gasteiger partial charge in [-0.1, -0.05) is 19.4 Å². The highest BCUT2D eigenvalue weighted by Gasteiger charge is 2.16. The van der Waals surface area contributed by atoms with Gasteiger partial charge in [0.15, 0.2) is 5.96 Å². The molecule has 7 heteroatoms.